The molecular formula is C10H11BrN4O. The summed E-state index contributed by atoms with van der Waals surface area (Å²) in [6.07, 6.45) is 3.78. The Morgan fingerprint density at radius 3 is 3.12 bits per heavy atom. The summed E-state index contributed by atoms with van der Waals surface area (Å²) in [5.41, 5.74) is 0.744. The van der Waals surface area contributed by atoms with Gasteiger partial charge in [-0.05, 0) is 15.9 Å². The molecule has 0 saturated heterocycles. The number of ketones is 1. The normalized spacial score (nSPS) is 10.6. The first kappa shape index (κ1) is 11.1. The van der Waals surface area contributed by atoms with Gasteiger partial charge in [-0.3, -0.25) is 4.79 Å². The molecule has 2 rings (SSSR count). The van der Waals surface area contributed by atoms with Crippen LogP contribution in [0.5, 0.6) is 0 Å². The van der Waals surface area contributed by atoms with Crippen LogP contribution in [0, 0.1) is 0 Å². The van der Waals surface area contributed by atoms with E-state index in [1.165, 1.54) is 6.33 Å². The van der Waals surface area contributed by atoms with Gasteiger partial charge < -0.3 is 10.3 Å². The Morgan fingerprint density at radius 2 is 2.38 bits per heavy atom. The number of aromatic nitrogens is 3. The third-order valence-electron chi connectivity index (χ3n) is 2.27. The summed E-state index contributed by atoms with van der Waals surface area (Å²) >= 11 is 3.41. The molecule has 0 aliphatic rings. The molecule has 6 heteroatoms. The van der Waals surface area contributed by atoms with E-state index < -0.39 is 0 Å². The van der Waals surface area contributed by atoms with E-state index in [0.29, 0.717) is 18.8 Å². The highest BCUT2D eigenvalue weighted by atomic mass is 79.9. The molecule has 0 fully saturated rings. The third-order valence-corrected chi connectivity index (χ3v) is 2.89. The van der Waals surface area contributed by atoms with Gasteiger partial charge in [-0.25, -0.2) is 9.97 Å². The lowest BCUT2D eigenvalue weighted by molar-refractivity contribution is -0.117. The van der Waals surface area contributed by atoms with Crippen molar-refractivity contribution in [1.82, 2.24) is 15.0 Å². The molecule has 2 N–H and O–H groups in total. The Hall–Kier alpha value is -1.43. The van der Waals surface area contributed by atoms with E-state index in [2.05, 4.69) is 36.2 Å². The molecule has 2 aromatic rings. The van der Waals surface area contributed by atoms with Gasteiger partial charge in [0.25, 0.3) is 0 Å². The number of carbonyl (C=O) groups excluding carboxylic acids is 1. The fourth-order valence-corrected chi connectivity index (χ4v) is 1.86. The van der Waals surface area contributed by atoms with E-state index in [4.69, 9.17) is 0 Å². The molecule has 0 aromatic carbocycles. The van der Waals surface area contributed by atoms with E-state index in [1.807, 2.05) is 6.92 Å². The SMILES string of the molecule is CCC(=O)CNc1ncnc2[nH]cc(Br)c12. The van der Waals surface area contributed by atoms with Crippen molar-refractivity contribution in [3.63, 3.8) is 0 Å². The van der Waals surface area contributed by atoms with Crippen LogP contribution in [0.2, 0.25) is 0 Å². The number of rotatable bonds is 4. The van der Waals surface area contributed by atoms with Crippen molar-refractivity contribution in [3.8, 4) is 0 Å². The Morgan fingerprint density at radius 1 is 1.56 bits per heavy atom. The maximum absolute atomic E-state index is 11.2. The van der Waals surface area contributed by atoms with Gasteiger partial charge in [-0.1, -0.05) is 6.92 Å². The highest BCUT2D eigenvalue weighted by molar-refractivity contribution is 9.10. The van der Waals surface area contributed by atoms with Gasteiger partial charge in [0, 0.05) is 17.1 Å². The second kappa shape index (κ2) is 4.61. The van der Waals surface area contributed by atoms with Crippen molar-refractivity contribution in [3.05, 3.63) is 17.0 Å². The number of nitrogens with one attached hydrogen (secondary N) is 2. The molecule has 16 heavy (non-hydrogen) atoms. The molecule has 0 aliphatic carbocycles. The predicted molar refractivity (Wildman–Crippen MR) is 65.4 cm³/mol. The van der Waals surface area contributed by atoms with Gasteiger partial charge in [0.15, 0.2) is 5.78 Å². The standard InChI is InChI=1S/C10H11BrN4O/c1-2-6(16)3-12-9-8-7(11)4-13-10(8)15-5-14-9/h4-5H,2-3H2,1H3,(H2,12,13,14,15). The van der Waals surface area contributed by atoms with Gasteiger partial charge in [0.05, 0.1) is 11.9 Å². The summed E-state index contributed by atoms with van der Waals surface area (Å²) in [6, 6.07) is 0. The number of hydrogen-bond acceptors (Lipinski definition) is 4. The van der Waals surface area contributed by atoms with Gasteiger partial charge >= 0.3 is 0 Å². The zero-order chi connectivity index (χ0) is 11.5. The molecule has 5 nitrogen and oxygen atoms in total. The Kier molecular flexibility index (Phi) is 3.19. The smallest absolute Gasteiger partial charge is 0.151 e. The quantitative estimate of drug-likeness (QED) is 0.901. The molecule has 0 spiro atoms. The summed E-state index contributed by atoms with van der Waals surface area (Å²) in [4.78, 5) is 22.4. The van der Waals surface area contributed by atoms with Crippen LogP contribution in [-0.2, 0) is 4.79 Å². The molecule has 0 radical (unpaired) electrons. The van der Waals surface area contributed by atoms with Gasteiger partial charge in [-0.15, -0.1) is 0 Å². The maximum atomic E-state index is 11.2. The second-order valence-electron chi connectivity index (χ2n) is 3.33. The predicted octanol–water partition coefficient (Wildman–Crippen LogP) is 2.11. The Labute approximate surface area is 101 Å². The minimum absolute atomic E-state index is 0.151. The zero-order valence-electron chi connectivity index (χ0n) is 8.75. The fourth-order valence-electron chi connectivity index (χ4n) is 1.37. The molecule has 0 bridgehead atoms. The van der Waals surface area contributed by atoms with E-state index in [0.717, 1.165) is 15.5 Å². The first-order valence-electron chi connectivity index (χ1n) is 4.95. The van der Waals surface area contributed by atoms with E-state index in [1.54, 1.807) is 6.20 Å². The number of anilines is 1. The van der Waals surface area contributed by atoms with Gasteiger partial charge in [0.1, 0.15) is 17.8 Å². The zero-order valence-corrected chi connectivity index (χ0v) is 10.3. The summed E-state index contributed by atoms with van der Waals surface area (Å²) in [7, 11) is 0. The molecular weight excluding hydrogens is 272 g/mol. The summed E-state index contributed by atoms with van der Waals surface area (Å²) in [5.74, 6) is 0.818. The average Bonchev–Trinajstić information content (AvgIpc) is 2.69. The lowest BCUT2D eigenvalue weighted by Crippen LogP contribution is -2.13. The van der Waals surface area contributed by atoms with E-state index >= 15 is 0 Å². The van der Waals surface area contributed by atoms with Crippen LogP contribution in [0.1, 0.15) is 13.3 Å². The van der Waals surface area contributed by atoms with Crippen LogP contribution in [0.15, 0.2) is 17.0 Å². The van der Waals surface area contributed by atoms with Crippen LogP contribution in [-0.4, -0.2) is 27.3 Å². The molecule has 0 amide bonds. The maximum Gasteiger partial charge on any atom is 0.151 e. The molecule has 2 aromatic heterocycles. The van der Waals surface area contributed by atoms with E-state index in [-0.39, 0.29) is 5.78 Å². The Balaban J connectivity index is 2.29. The van der Waals surface area contributed by atoms with Crippen molar-refractivity contribution in [2.24, 2.45) is 0 Å². The molecule has 0 aliphatic heterocycles. The van der Waals surface area contributed by atoms with Crippen LogP contribution < -0.4 is 5.32 Å². The number of hydrogen-bond donors (Lipinski definition) is 2. The van der Waals surface area contributed by atoms with Crippen LogP contribution in [0.4, 0.5) is 5.82 Å². The Bertz CT molecular complexity index is 523. The first-order chi connectivity index (χ1) is 7.72. The van der Waals surface area contributed by atoms with Crippen LogP contribution >= 0.6 is 15.9 Å². The lowest BCUT2D eigenvalue weighted by Gasteiger charge is -2.04. The number of Topliss-reactive ketones (excluding diaryl/α,β-unsaturated/α-hetero) is 1. The average molecular weight is 283 g/mol. The largest absolute Gasteiger partial charge is 0.362 e. The van der Waals surface area contributed by atoms with Crippen LogP contribution in [0.25, 0.3) is 11.0 Å². The van der Waals surface area contributed by atoms with Crippen molar-refractivity contribution in [2.75, 3.05) is 11.9 Å². The van der Waals surface area contributed by atoms with Gasteiger partial charge in [-0.2, -0.15) is 0 Å². The summed E-state index contributed by atoms with van der Waals surface area (Å²) in [5, 5.41) is 3.88. The van der Waals surface area contributed by atoms with Gasteiger partial charge in [0.2, 0.25) is 0 Å². The number of fused-ring (bicyclic) bond motifs is 1. The number of nitrogens with zero attached hydrogens (tertiary/aromatic N) is 2. The van der Waals surface area contributed by atoms with Crippen molar-refractivity contribution in [2.45, 2.75) is 13.3 Å². The minimum atomic E-state index is 0.151. The van der Waals surface area contributed by atoms with E-state index in [9.17, 15) is 4.79 Å². The topological polar surface area (TPSA) is 70.7 Å². The molecule has 0 saturated carbocycles. The monoisotopic (exact) mass is 282 g/mol. The van der Waals surface area contributed by atoms with Crippen molar-refractivity contribution >= 4 is 38.6 Å². The highest BCUT2D eigenvalue weighted by Gasteiger charge is 2.09. The summed E-state index contributed by atoms with van der Waals surface area (Å²) in [6.45, 7) is 2.13. The third kappa shape index (κ3) is 2.06. The highest BCUT2D eigenvalue weighted by Crippen LogP contribution is 2.27. The van der Waals surface area contributed by atoms with Crippen molar-refractivity contribution in [1.29, 1.82) is 0 Å². The first-order valence-corrected chi connectivity index (χ1v) is 5.74. The number of carbonyl (C=O) groups is 1. The lowest BCUT2D eigenvalue weighted by atomic mass is 10.3. The number of H-pyrrole nitrogens is 1. The molecule has 84 valence electrons. The molecule has 0 unspecified atom stereocenters. The summed E-state index contributed by atoms with van der Waals surface area (Å²) < 4.78 is 0.884. The number of aromatic amines is 1. The number of halogens is 1. The minimum Gasteiger partial charge on any atom is -0.362 e. The van der Waals surface area contributed by atoms with Crippen molar-refractivity contribution < 1.29 is 4.79 Å². The van der Waals surface area contributed by atoms with Crippen LogP contribution in [0.3, 0.4) is 0 Å². The fraction of sp³-hybridized carbons (Fsp3) is 0.300. The molecule has 0 atom stereocenters. The molecule has 2 heterocycles. The second-order valence-corrected chi connectivity index (χ2v) is 4.18.